The molecule has 1 aliphatic rings. The molecule has 0 spiro atoms. The van der Waals surface area contributed by atoms with Gasteiger partial charge >= 0.3 is 5.97 Å². The van der Waals surface area contributed by atoms with Gasteiger partial charge in [0.2, 0.25) is 0 Å². The maximum absolute atomic E-state index is 12.4. The molecule has 4 heteroatoms. The number of carbonyl (C=O) groups is 1. The molecule has 1 fully saturated rings. The first-order chi connectivity index (χ1) is 16.7. The molecule has 34 heavy (non-hydrogen) atoms. The number of carbonyl (C=O) groups excluding carboxylic acids is 1. The van der Waals surface area contributed by atoms with Gasteiger partial charge in [-0.3, -0.25) is 0 Å². The summed E-state index contributed by atoms with van der Waals surface area (Å²) in [5.74, 6) is 3.44. The summed E-state index contributed by atoms with van der Waals surface area (Å²) in [4.78, 5) is 12.4. The molecule has 2 aromatic rings. The lowest BCUT2D eigenvalue weighted by Crippen LogP contribution is -2.15. The Kier molecular flexibility index (Phi) is 11.0. The lowest BCUT2D eigenvalue weighted by molar-refractivity contribution is 0.0734. The first kappa shape index (κ1) is 25.9. The first-order valence-electron chi connectivity index (χ1n) is 13.0. The third-order valence-corrected chi connectivity index (χ3v) is 6.70. The Morgan fingerprint density at radius 2 is 1.38 bits per heavy atom. The number of hydrogen-bond donors (Lipinski definition) is 0. The molecule has 0 radical (unpaired) electrons. The van der Waals surface area contributed by atoms with Gasteiger partial charge in [0.05, 0.1) is 12.2 Å². The number of unbranched alkanes of at least 4 members (excludes halogenated alkanes) is 2. The van der Waals surface area contributed by atoms with Crippen molar-refractivity contribution in [3.63, 3.8) is 0 Å². The molecule has 0 amide bonds. The van der Waals surface area contributed by atoms with Gasteiger partial charge in [0.1, 0.15) is 23.9 Å². The van der Waals surface area contributed by atoms with Crippen molar-refractivity contribution in [3.05, 3.63) is 66.7 Å². The van der Waals surface area contributed by atoms with E-state index in [1.165, 1.54) is 57.8 Å². The van der Waals surface area contributed by atoms with Crippen LogP contribution in [0.2, 0.25) is 0 Å². The van der Waals surface area contributed by atoms with Crippen LogP contribution in [0.25, 0.3) is 0 Å². The third-order valence-electron chi connectivity index (χ3n) is 6.70. The number of ether oxygens (including phenoxy) is 3. The van der Waals surface area contributed by atoms with E-state index in [1.54, 1.807) is 42.5 Å². The number of hydrogen-bond acceptors (Lipinski definition) is 4. The van der Waals surface area contributed by atoms with Gasteiger partial charge in [-0.05, 0) is 73.2 Å². The topological polar surface area (TPSA) is 44.8 Å². The van der Waals surface area contributed by atoms with Gasteiger partial charge in [0.15, 0.2) is 0 Å². The van der Waals surface area contributed by atoms with E-state index < -0.39 is 5.97 Å². The first-order valence-corrected chi connectivity index (χ1v) is 13.0. The highest BCUT2D eigenvalue weighted by Gasteiger charge is 2.20. The van der Waals surface area contributed by atoms with Crippen LogP contribution in [0, 0.1) is 11.8 Å². The molecule has 0 aliphatic heterocycles. The van der Waals surface area contributed by atoms with E-state index in [0.29, 0.717) is 23.7 Å². The summed E-state index contributed by atoms with van der Waals surface area (Å²) in [5, 5.41) is 0. The summed E-state index contributed by atoms with van der Waals surface area (Å²) in [6.45, 7) is 7.06. The molecule has 2 aromatic carbocycles. The zero-order chi connectivity index (χ0) is 24.0. The average Bonchev–Trinajstić information content (AvgIpc) is 2.87. The molecule has 0 unspecified atom stereocenters. The van der Waals surface area contributed by atoms with Crippen molar-refractivity contribution in [1.82, 2.24) is 0 Å². The molecule has 0 aromatic heterocycles. The summed E-state index contributed by atoms with van der Waals surface area (Å²) in [7, 11) is 0. The van der Waals surface area contributed by atoms with E-state index in [9.17, 15) is 4.79 Å². The molecule has 0 atom stereocenters. The van der Waals surface area contributed by atoms with Gasteiger partial charge < -0.3 is 14.2 Å². The van der Waals surface area contributed by atoms with Crippen LogP contribution in [0.1, 0.15) is 81.5 Å². The van der Waals surface area contributed by atoms with Crippen molar-refractivity contribution in [3.8, 4) is 17.2 Å². The molecule has 184 valence electrons. The molecular formula is C30H40O4. The number of rotatable bonds is 14. The van der Waals surface area contributed by atoms with Crippen molar-refractivity contribution in [2.45, 2.75) is 71.1 Å². The minimum Gasteiger partial charge on any atom is -0.494 e. The molecule has 4 nitrogen and oxygen atoms in total. The Balaban J connectivity index is 1.32. The summed E-state index contributed by atoms with van der Waals surface area (Å²) in [6, 6.07) is 14.1. The van der Waals surface area contributed by atoms with Crippen LogP contribution in [0.3, 0.4) is 0 Å². The molecule has 0 heterocycles. The fourth-order valence-corrected chi connectivity index (χ4v) is 4.67. The third kappa shape index (κ3) is 8.89. The van der Waals surface area contributed by atoms with Crippen LogP contribution < -0.4 is 14.2 Å². The second-order valence-corrected chi connectivity index (χ2v) is 9.36. The van der Waals surface area contributed by atoms with Gasteiger partial charge in [-0.25, -0.2) is 4.79 Å². The highest BCUT2D eigenvalue weighted by Crippen LogP contribution is 2.34. The van der Waals surface area contributed by atoms with Crippen LogP contribution in [0.4, 0.5) is 0 Å². The fraction of sp³-hybridized carbons (Fsp3) is 0.500. The van der Waals surface area contributed by atoms with E-state index in [1.807, 2.05) is 12.1 Å². The summed E-state index contributed by atoms with van der Waals surface area (Å²) >= 11 is 0. The highest BCUT2D eigenvalue weighted by molar-refractivity contribution is 5.91. The van der Waals surface area contributed by atoms with Crippen molar-refractivity contribution in [2.24, 2.45) is 11.8 Å². The second-order valence-electron chi connectivity index (χ2n) is 9.36. The standard InChI is InChI=1S/C30H40O4/c1-3-5-6-8-24-10-12-25(13-11-24)9-7-23-33-28-18-20-29(21-19-28)34-30(31)26-14-16-27(17-15-26)32-22-4-2/h4,14-21,24-25H,2-3,5-13,22-23H2,1H3. The van der Waals surface area contributed by atoms with Crippen LogP contribution >= 0.6 is 0 Å². The smallest absolute Gasteiger partial charge is 0.343 e. The van der Waals surface area contributed by atoms with Crippen molar-refractivity contribution in [2.75, 3.05) is 13.2 Å². The van der Waals surface area contributed by atoms with Gasteiger partial charge in [-0.1, -0.05) is 70.9 Å². The molecule has 3 rings (SSSR count). The zero-order valence-electron chi connectivity index (χ0n) is 20.7. The fourth-order valence-electron chi connectivity index (χ4n) is 4.67. The van der Waals surface area contributed by atoms with E-state index in [0.717, 1.165) is 30.6 Å². The monoisotopic (exact) mass is 464 g/mol. The Bertz CT molecular complexity index is 848. The van der Waals surface area contributed by atoms with Crippen molar-refractivity contribution in [1.29, 1.82) is 0 Å². The van der Waals surface area contributed by atoms with Gasteiger partial charge in [0.25, 0.3) is 0 Å². The van der Waals surface area contributed by atoms with Crippen LogP contribution in [-0.2, 0) is 0 Å². The highest BCUT2D eigenvalue weighted by atomic mass is 16.5. The Labute approximate surface area is 205 Å². The second kappa shape index (κ2) is 14.5. The Morgan fingerprint density at radius 1 is 0.824 bits per heavy atom. The summed E-state index contributed by atoms with van der Waals surface area (Å²) in [6.07, 6.45) is 15.2. The molecule has 1 saturated carbocycles. The maximum atomic E-state index is 12.4. The van der Waals surface area contributed by atoms with E-state index >= 15 is 0 Å². The van der Waals surface area contributed by atoms with Crippen LogP contribution in [0.15, 0.2) is 61.2 Å². The minimum atomic E-state index is -0.399. The van der Waals surface area contributed by atoms with E-state index in [4.69, 9.17) is 14.2 Å². The van der Waals surface area contributed by atoms with Crippen LogP contribution in [-0.4, -0.2) is 19.2 Å². The molecule has 0 N–H and O–H groups in total. The lowest BCUT2D eigenvalue weighted by atomic mass is 9.78. The summed E-state index contributed by atoms with van der Waals surface area (Å²) < 4.78 is 16.8. The van der Waals surface area contributed by atoms with Gasteiger partial charge in [0, 0.05) is 0 Å². The van der Waals surface area contributed by atoms with Gasteiger partial charge in [-0.2, -0.15) is 0 Å². The van der Waals surface area contributed by atoms with Crippen LogP contribution in [0.5, 0.6) is 17.2 Å². The Morgan fingerprint density at radius 3 is 2.00 bits per heavy atom. The quantitative estimate of drug-likeness (QED) is 0.123. The predicted molar refractivity (Wildman–Crippen MR) is 138 cm³/mol. The largest absolute Gasteiger partial charge is 0.494 e. The number of benzene rings is 2. The molecule has 0 saturated heterocycles. The van der Waals surface area contributed by atoms with Gasteiger partial charge in [-0.15, -0.1) is 0 Å². The average molecular weight is 465 g/mol. The molecular weight excluding hydrogens is 424 g/mol. The van der Waals surface area contributed by atoms with Crippen molar-refractivity contribution >= 4 is 5.97 Å². The van der Waals surface area contributed by atoms with Crippen molar-refractivity contribution < 1.29 is 19.0 Å². The lowest BCUT2D eigenvalue weighted by Gasteiger charge is -2.28. The zero-order valence-corrected chi connectivity index (χ0v) is 20.7. The SMILES string of the molecule is C=CCOc1ccc(C(=O)Oc2ccc(OCCCC3CCC(CCCCC)CC3)cc2)cc1. The van der Waals surface area contributed by atoms with E-state index in [-0.39, 0.29) is 0 Å². The summed E-state index contributed by atoms with van der Waals surface area (Å²) in [5.41, 5.74) is 0.473. The number of esters is 1. The minimum absolute atomic E-state index is 0.399. The molecule has 0 bridgehead atoms. The molecule has 1 aliphatic carbocycles. The normalized spacial score (nSPS) is 17.7. The maximum Gasteiger partial charge on any atom is 0.343 e. The Hall–Kier alpha value is -2.75. The van der Waals surface area contributed by atoms with E-state index in [2.05, 4.69) is 13.5 Å². The predicted octanol–water partition coefficient (Wildman–Crippen LogP) is 8.02.